The maximum Gasteiger partial charge on any atom is 0.335 e. The highest BCUT2D eigenvalue weighted by Crippen LogP contribution is 2.25. The maximum absolute atomic E-state index is 14.0. The molecule has 0 bridgehead atoms. The molecule has 1 aromatic heterocycles. The lowest BCUT2D eigenvalue weighted by Gasteiger charge is -2.09. The monoisotopic (exact) mass is 288 g/mol. The SMILES string of the molecule is Cc1nc2ccc(C(=O)O)cc2n1-c1cccc(F)c1F. The Morgan fingerprint density at radius 1 is 1.24 bits per heavy atom. The standard InChI is InChI=1S/C15H10F2N2O2/c1-8-18-11-6-5-9(15(20)21)7-13(11)19(8)12-4-2-3-10(16)14(12)17/h2-7H,1H3,(H,20,21). The van der Waals surface area contributed by atoms with Gasteiger partial charge in [0.2, 0.25) is 0 Å². The van der Waals surface area contributed by atoms with Gasteiger partial charge in [-0.25, -0.2) is 18.6 Å². The van der Waals surface area contributed by atoms with Crippen LogP contribution in [-0.2, 0) is 0 Å². The number of halogens is 2. The molecule has 1 heterocycles. The topological polar surface area (TPSA) is 55.1 Å². The van der Waals surface area contributed by atoms with E-state index in [9.17, 15) is 13.6 Å². The molecule has 0 spiro atoms. The molecule has 6 heteroatoms. The minimum atomic E-state index is -1.10. The van der Waals surface area contributed by atoms with Gasteiger partial charge in [0.05, 0.1) is 22.3 Å². The average Bonchev–Trinajstić information content (AvgIpc) is 2.77. The zero-order valence-electron chi connectivity index (χ0n) is 11.0. The van der Waals surface area contributed by atoms with Crippen molar-refractivity contribution in [3.63, 3.8) is 0 Å². The molecule has 0 fully saturated rings. The van der Waals surface area contributed by atoms with E-state index in [1.165, 1.54) is 28.8 Å². The number of imidazole rings is 1. The number of nitrogens with zero attached hydrogens (tertiary/aromatic N) is 2. The predicted molar refractivity (Wildman–Crippen MR) is 72.7 cm³/mol. The van der Waals surface area contributed by atoms with E-state index in [2.05, 4.69) is 4.98 Å². The number of carboxylic acid groups (broad SMARTS) is 1. The van der Waals surface area contributed by atoms with Crippen LogP contribution in [0.4, 0.5) is 8.78 Å². The van der Waals surface area contributed by atoms with Gasteiger partial charge in [-0.05, 0) is 37.3 Å². The lowest BCUT2D eigenvalue weighted by atomic mass is 10.2. The first kappa shape index (κ1) is 13.2. The van der Waals surface area contributed by atoms with Gasteiger partial charge in [-0.15, -0.1) is 0 Å². The van der Waals surface area contributed by atoms with Crippen LogP contribution in [-0.4, -0.2) is 20.6 Å². The van der Waals surface area contributed by atoms with E-state index in [1.807, 2.05) is 0 Å². The fourth-order valence-corrected chi connectivity index (χ4v) is 2.30. The van der Waals surface area contributed by atoms with E-state index >= 15 is 0 Å². The molecule has 0 radical (unpaired) electrons. The number of aromatic nitrogens is 2. The minimum Gasteiger partial charge on any atom is -0.478 e. The Morgan fingerprint density at radius 3 is 2.71 bits per heavy atom. The van der Waals surface area contributed by atoms with E-state index < -0.39 is 17.6 Å². The third-order valence-electron chi connectivity index (χ3n) is 3.24. The van der Waals surface area contributed by atoms with E-state index in [4.69, 9.17) is 5.11 Å². The van der Waals surface area contributed by atoms with Crippen molar-refractivity contribution < 1.29 is 18.7 Å². The second-order valence-corrected chi connectivity index (χ2v) is 4.58. The molecule has 0 aliphatic heterocycles. The zero-order valence-corrected chi connectivity index (χ0v) is 11.0. The zero-order chi connectivity index (χ0) is 15.1. The van der Waals surface area contributed by atoms with Gasteiger partial charge in [-0.3, -0.25) is 4.57 Å². The van der Waals surface area contributed by atoms with Crippen LogP contribution < -0.4 is 0 Å². The number of aryl methyl sites for hydroxylation is 1. The summed E-state index contributed by atoms with van der Waals surface area (Å²) in [6.07, 6.45) is 0. The van der Waals surface area contributed by atoms with Crippen molar-refractivity contribution in [2.24, 2.45) is 0 Å². The summed E-state index contributed by atoms with van der Waals surface area (Å²) in [6.45, 7) is 1.64. The lowest BCUT2D eigenvalue weighted by Crippen LogP contribution is -2.03. The third-order valence-corrected chi connectivity index (χ3v) is 3.24. The van der Waals surface area contributed by atoms with Crippen molar-refractivity contribution in [2.75, 3.05) is 0 Å². The first-order valence-electron chi connectivity index (χ1n) is 6.16. The quantitative estimate of drug-likeness (QED) is 0.787. The molecule has 106 valence electrons. The Hall–Kier alpha value is -2.76. The minimum absolute atomic E-state index is 0.00228. The smallest absolute Gasteiger partial charge is 0.335 e. The third kappa shape index (κ3) is 2.05. The summed E-state index contributed by atoms with van der Waals surface area (Å²) in [6, 6.07) is 8.18. The molecule has 3 rings (SSSR count). The molecule has 3 aromatic rings. The molecule has 0 aliphatic carbocycles. The Bertz CT molecular complexity index is 871. The molecule has 2 aromatic carbocycles. The number of carbonyl (C=O) groups is 1. The van der Waals surface area contributed by atoms with Crippen molar-refractivity contribution in [2.45, 2.75) is 6.92 Å². The van der Waals surface area contributed by atoms with Crippen LogP contribution in [0.3, 0.4) is 0 Å². The van der Waals surface area contributed by atoms with Crippen LogP contribution in [0, 0.1) is 18.6 Å². The van der Waals surface area contributed by atoms with Gasteiger partial charge >= 0.3 is 5.97 Å². The van der Waals surface area contributed by atoms with Crippen molar-refractivity contribution in [1.82, 2.24) is 9.55 Å². The van der Waals surface area contributed by atoms with Crippen LogP contribution in [0.2, 0.25) is 0 Å². The largest absolute Gasteiger partial charge is 0.478 e. The van der Waals surface area contributed by atoms with Crippen LogP contribution >= 0.6 is 0 Å². The molecule has 0 amide bonds. The van der Waals surface area contributed by atoms with E-state index in [0.29, 0.717) is 16.9 Å². The summed E-state index contributed by atoms with van der Waals surface area (Å²) in [5.41, 5.74) is 0.982. The number of rotatable bonds is 2. The summed E-state index contributed by atoms with van der Waals surface area (Å²) in [5.74, 6) is -2.62. The maximum atomic E-state index is 14.0. The molecule has 0 atom stereocenters. The van der Waals surface area contributed by atoms with E-state index in [1.54, 1.807) is 13.0 Å². The number of hydrogen-bond acceptors (Lipinski definition) is 2. The Morgan fingerprint density at radius 2 is 2.00 bits per heavy atom. The van der Waals surface area contributed by atoms with E-state index in [-0.39, 0.29) is 11.3 Å². The summed E-state index contributed by atoms with van der Waals surface area (Å²) in [5, 5.41) is 9.05. The normalized spacial score (nSPS) is 11.0. The van der Waals surface area contributed by atoms with Gasteiger partial charge in [0.1, 0.15) is 5.82 Å². The second kappa shape index (κ2) is 4.66. The number of hydrogen-bond donors (Lipinski definition) is 1. The number of benzene rings is 2. The first-order chi connectivity index (χ1) is 9.99. The molecule has 0 saturated carbocycles. The highest BCUT2D eigenvalue weighted by molar-refractivity contribution is 5.93. The Kier molecular flexibility index (Phi) is 2.94. The van der Waals surface area contributed by atoms with Gasteiger partial charge in [0.25, 0.3) is 0 Å². The molecule has 1 N–H and O–H groups in total. The van der Waals surface area contributed by atoms with Crippen LogP contribution in [0.1, 0.15) is 16.2 Å². The van der Waals surface area contributed by atoms with Crippen molar-refractivity contribution in [1.29, 1.82) is 0 Å². The highest BCUT2D eigenvalue weighted by atomic mass is 19.2. The number of carboxylic acids is 1. The molecular formula is C15H10F2N2O2. The molecule has 0 unspecified atom stereocenters. The average molecular weight is 288 g/mol. The first-order valence-corrected chi connectivity index (χ1v) is 6.16. The fraction of sp³-hybridized carbons (Fsp3) is 0.0667. The summed E-state index contributed by atoms with van der Waals surface area (Å²) < 4.78 is 28.8. The predicted octanol–water partition coefficient (Wildman–Crippen LogP) is 3.31. The van der Waals surface area contributed by atoms with Crippen molar-refractivity contribution in [3.8, 4) is 5.69 Å². The number of fused-ring (bicyclic) bond motifs is 1. The summed E-state index contributed by atoms with van der Waals surface area (Å²) in [4.78, 5) is 15.3. The molecule has 21 heavy (non-hydrogen) atoms. The Labute approximate surface area is 118 Å². The van der Waals surface area contributed by atoms with Gasteiger partial charge in [0, 0.05) is 0 Å². The second-order valence-electron chi connectivity index (χ2n) is 4.58. The molecular weight excluding hydrogens is 278 g/mol. The van der Waals surface area contributed by atoms with Crippen LogP contribution in [0.25, 0.3) is 16.7 Å². The number of aromatic carboxylic acids is 1. The summed E-state index contributed by atoms with van der Waals surface area (Å²) in [7, 11) is 0. The van der Waals surface area contributed by atoms with E-state index in [0.717, 1.165) is 6.07 Å². The Balaban J connectivity index is 2.36. The fourth-order valence-electron chi connectivity index (χ4n) is 2.30. The van der Waals surface area contributed by atoms with Gasteiger partial charge in [-0.1, -0.05) is 6.07 Å². The molecule has 4 nitrogen and oxygen atoms in total. The van der Waals surface area contributed by atoms with Crippen molar-refractivity contribution in [3.05, 3.63) is 59.4 Å². The van der Waals surface area contributed by atoms with Crippen LogP contribution in [0.15, 0.2) is 36.4 Å². The van der Waals surface area contributed by atoms with Gasteiger partial charge < -0.3 is 5.11 Å². The summed E-state index contributed by atoms with van der Waals surface area (Å²) >= 11 is 0. The van der Waals surface area contributed by atoms with Gasteiger partial charge in [0.15, 0.2) is 11.6 Å². The van der Waals surface area contributed by atoms with Crippen LogP contribution in [0.5, 0.6) is 0 Å². The van der Waals surface area contributed by atoms with Gasteiger partial charge in [-0.2, -0.15) is 0 Å². The van der Waals surface area contributed by atoms with Crippen molar-refractivity contribution >= 4 is 17.0 Å². The highest BCUT2D eigenvalue weighted by Gasteiger charge is 2.16. The molecule has 0 aliphatic rings. The molecule has 0 saturated heterocycles. The lowest BCUT2D eigenvalue weighted by molar-refractivity contribution is 0.0697.